The third-order valence-electron chi connectivity index (χ3n) is 3.38. The number of pyridine rings is 1. The zero-order valence-electron chi connectivity index (χ0n) is 14.7. The van der Waals surface area contributed by atoms with Crippen LogP contribution in [0, 0.1) is 5.82 Å². The predicted octanol–water partition coefficient (Wildman–Crippen LogP) is 2.79. The number of nitrogens with zero attached hydrogens (tertiary/aromatic N) is 2. The SMILES string of the molecule is CCNC(=NCC(C)Oc1cccc(F)c1)NCCc1ccccn1. The summed E-state index contributed by atoms with van der Waals surface area (Å²) in [4.78, 5) is 8.82. The van der Waals surface area contributed by atoms with Crippen LogP contribution in [0.25, 0.3) is 0 Å². The molecule has 2 rings (SSSR count). The van der Waals surface area contributed by atoms with E-state index in [2.05, 4.69) is 20.6 Å². The number of aliphatic imine (C=N–C) groups is 1. The van der Waals surface area contributed by atoms with Crippen LogP contribution in [0.5, 0.6) is 5.75 Å². The van der Waals surface area contributed by atoms with Gasteiger partial charge in [-0.3, -0.25) is 4.98 Å². The molecule has 5 nitrogen and oxygen atoms in total. The average Bonchev–Trinajstić information content (AvgIpc) is 2.60. The Morgan fingerprint density at radius 2 is 2.12 bits per heavy atom. The lowest BCUT2D eigenvalue weighted by Crippen LogP contribution is -2.39. The van der Waals surface area contributed by atoms with Crippen LogP contribution in [0.1, 0.15) is 19.5 Å². The molecule has 2 N–H and O–H groups in total. The van der Waals surface area contributed by atoms with E-state index >= 15 is 0 Å². The van der Waals surface area contributed by atoms with Crippen LogP contribution >= 0.6 is 0 Å². The molecule has 0 saturated heterocycles. The fourth-order valence-electron chi connectivity index (χ4n) is 2.23. The van der Waals surface area contributed by atoms with Gasteiger partial charge in [-0.2, -0.15) is 0 Å². The van der Waals surface area contributed by atoms with Gasteiger partial charge in [0.05, 0.1) is 6.54 Å². The minimum Gasteiger partial charge on any atom is -0.489 e. The van der Waals surface area contributed by atoms with Gasteiger partial charge >= 0.3 is 0 Å². The molecule has 1 aromatic carbocycles. The summed E-state index contributed by atoms with van der Waals surface area (Å²) in [5.74, 6) is 0.932. The lowest BCUT2D eigenvalue weighted by Gasteiger charge is -2.15. The first-order valence-electron chi connectivity index (χ1n) is 8.51. The number of guanidine groups is 1. The van der Waals surface area contributed by atoms with Crippen LogP contribution in [0.15, 0.2) is 53.7 Å². The number of nitrogens with one attached hydrogen (secondary N) is 2. The summed E-state index contributed by atoms with van der Waals surface area (Å²) in [5.41, 5.74) is 1.04. The molecule has 0 saturated carbocycles. The standard InChI is InChI=1S/C19H25FN4O/c1-3-21-19(23-12-10-17-8-4-5-11-22-17)24-14-15(2)25-18-9-6-7-16(20)13-18/h4-9,11,13,15H,3,10,12,14H2,1-2H3,(H2,21,23,24). The van der Waals surface area contributed by atoms with Crippen molar-refractivity contribution in [1.82, 2.24) is 15.6 Å². The van der Waals surface area contributed by atoms with Crippen LogP contribution < -0.4 is 15.4 Å². The molecule has 6 heteroatoms. The summed E-state index contributed by atoms with van der Waals surface area (Å²) in [6, 6.07) is 12.0. The first kappa shape index (κ1) is 18.7. The second kappa shape index (κ2) is 10.3. The maximum Gasteiger partial charge on any atom is 0.191 e. The summed E-state index contributed by atoms with van der Waals surface area (Å²) in [6.07, 6.45) is 2.45. The molecule has 134 valence electrons. The van der Waals surface area contributed by atoms with Crippen LogP contribution in [0.2, 0.25) is 0 Å². The molecule has 0 amide bonds. The third-order valence-corrected chi connectivity index (χ3v) is 3.38. The van der Waals surface area contributed by atoms with Gasteiger partial charge in [0.25, 0.3) is 0 Å². The predicted molar refractivity (Wildman–Crippen MR) is 98.4 cm³/mol. The van der Waals surface area contributed by atoms with Crippen molar-refractivity contribution >= 4 is 5.96 Å². The molecule has 1 unspecified atom stereocenters. The normalized spacial score (nSPS) is 12.5. The Morgan fingerprint density at radius 1 is 1.24 bits per heavy atom. The molecule has 0 aliphatic rings. The molecule has 0 bridgehead atoms. The second-order valence-corrected chi connectivity index (χ2v) is 5.60. The molecule has 1 atom stereocenters. The number of rotatable bonds is 8. The zero-order valence-corrected chi connectivity index (χ0v) is 14.7. The lowest BCUT2D eigenvalue weighted by molar-refractivity contribution is 0.229. The number of halogens is 1. The largest absolute Gasteiger partial charge is 0.489 e. The Kier molecular flexibility index (Phi) is 7.69. The minimum absolute atomic E-state index is 0.159. The molecule has 0 spiro atoms. The highest BCUT2D eigenvalue weighted by Crippen LogP contribution is 2.13. The number of ether oxygens (including phenoxy) is 1. The van der Waals surface area contributed by atoms with Crippen molar-refractivity contribution in [3.8, 4) is 5.75 Å². The van der Waals surface area contributed by atoms with Gasteiger partial charge in [-0.25, -0.2) is 9.38 Å². The Balaban J connectivity index is 1.81. The van der Waals surface area contributed by atoms with Gasteiger partial charge in [-0.05, 0) is 38.1 Å². The number of benzene rings is 1. The Hall–Kier alpha value is -2.63. The number of aromatic nitrogens is 1. The Labute approximate surface area is 148 Å². The third kappa shape index (κ3) is 7.20. The van der Waals surface area contributed by atoms with Crippen LogP contribution in [0.4, 0.5) is 4.39 Å². The Morgan fingerprint density at radius 3 is 2.84 bits per heavy atom. The van der Waals surface area contributed by atoms with E-state index in [9.17, 15) is 4.39 Å². The summed E-state index contributed by atoms with van der Waals surface area (Å²) in [5, 5.41) is 6.48. The first-order valence-corrected chi connectivity index (χ1v) is 8.51. The highest BCUT2D eigenvalue weighted by molar-refractivity contribution is 5.79. The monoisotopic (exact) mass is 344 g/mol. The van der Waals surface area contributed by atoms with E-state index in [4.69, 9.17) is 4.74 Å². The molecule has 0 aliphatic carbocycles. The van der Waals surface area contributed by atoms with E-state index in [0.717, 1.165) is 31.2 Å². The highest BCUT2D eigenvalue weighted by Gasteiger charge is 2.05. The van der Waals surface area contributed by atoms with Gasteiger partial charge in [0, 0.05) is 37.5 Å². The summed E-state index contributed by atoms with van der Waals surface area (Å²) < 4.78 is 18.9. The van der Waals surface area contributed by atoms with Gasteiger partial charge in [0.15, 0.2) is 5.96 Å². The molecule has 2 aromatic rings. The van der Waals surface area contributed by atoms with Gasteiger partial charge in [-0.1, -0.05) is 12.1 Å². The molecule has 1 aromatic heterocycles. The molecular formula is C19H25FN4O. The lowest BCUT2D eigenvalue weighted by atomic mass is 10.3. The molecule has 0 fully saturated rings. The second-order valence-electron chi connectivity index (χ2n) is 5.60. The maximum atomic E-state index is 13.2. The van der Waals surface area contributed by atoms with E-state index in [1.807, 2.05) is 32.0 Å². The van der Waals surface area contributed by atoms with Crippen molar-refractivity contribution in [2.75, 3.05) is 19.6 Å². The van der Waals surface area contributed by atoms with E-state index in [1.165, 1.54) is 12.1 Å². The first-order chi connectivity index (χ1) is 12.2. The van der Waals surface area contributed by atoms with Gasteiger partial charge in [0.2, 0.25) is 0 Å². The maximum absolute atomic E-state index is 13.2. The van der Waals surface area contributed by atoms with E-state index < -0.39 is 0 Å². The summed E-state index contributed by atoms with van der Waals surface area (Å²) in [6.45, 7) is 5.90. The van der Waals surface area contributed by atoms with Gasteiger partial charge < -0.3 is 15.4 Å². The molecule has 1 heterocycles. The fourth-order valence-corrected chi connectivity index (χ4v) is 2.23. The Bertz CT molecular complexity index is 663. The molecule has 0 aliphatic heterocycles. The van der Waals surface area contributed by atoms with Crippen LogP contribution in [0.3, 0.4) is 0 Å². The van der Waals surface area contributed by atoms with Gasteiger partial charge in [0.1, 0.15) is 17.7 Å². The fraction of sp³-hybridized carbons (Fsp3) is 0.368. The van der Waals surface area contributed by atoms with Crippen molar-refractivity contribution in [2.24, 2.45) is 4.99 Å². The van der Waals surface area contributed by atoms with Gasteiger partial charge in [-0.15, -0.1) is 0 Å². The van der Waals surface area contributed by atoms with Crippen molar-refractivity contribution in [1.29, 1.82) is 0 Å². The van der Waals surface area contributed by atoms with Crippen LogP contribution in [-0.2, 0) is 6.42 Å². The molecule has 25 heavy (non-hydrogen) atoms. The number of hydrogen-bond acceptors (Lipinski definition) is 3. The molecular weight excluding hydrogens is 319 g/mol. The van der Waals surface area contributed by atoms with Crippen molar-refractivity contribution in [3.63, 3.8) is 0 Å². The topological polar surface area (TPSA) is 58.5 Å². The zero-order chi connectivity index (χ0) is 17.9. The summed E-state index contributed by atoms with van der Waals surface area (Å²) in [7, 11) is 0. The van der Waals surface area contributed by atoms with Crippen molar-refractivity contribution in [3.05, 3.63) is 60.2 Å². The van der Waals surface area contributed by atoms with Crippen molar-refractivity contribution < 1.29 is 9.13 Å². The van der Waals surface area contributed by atoms with E-state index in [-0.39, 0.29) is 11.9 Å². The van der Waals surface area contributed by atoms with E-state index in [0.29, 0.717) is 12.3 Å². The quantitative estimate of drug-likeness (QED) is 0.571. The smallest absolute Gasteiger partial charge is 0.191 e. The number of hydrogen-bond donors (Lipinski definition) is 2. The molecule has 0 radical (unpaired) electrons. The van der Waals surface area contributed by atoms with E-state index in [1.54, 1.807) is 18.3 Å². The average molecular weight is 344 g/mol. The van der Waals surface area contributed by atoms with Crippen molar-refractivity contribution in [2.45, 2.75) is 26.4 Å². The summed E-state index contributed by atoms with van der Waals surface area (Å²) >= 11 is 0. The minimum atomic E-state index is -0.308. The highest BCUT2D eigenvalue weighted by atomic mass is 19.1. The van der Waals surface area contributed by atoms with Crippen LogP contribution in [-0.4, -0.2) is 36.7 Å².